The molecule has 132 valence electrons. The Kier molecular flexibility index (Phi) is 4.20. The predicted octanol–water partition coefficient (Wildman–Crippen LogP) is 0.803. The summed E-state index contributed by atoms with van der Waals surface area (Å²) in [7, 11) is 1.63. The lowest BCUT2D eigenvalue weighted by molar-refractivity contribution is -0.143. The molecule has 2 aromatic rings. The first kappa shape index (κ1) is 16.9. The van der Waals surface area contributed by atoms with E-state index in [-0.39, 0.29) is 12.1 Å². The number of aliphatic carboxylic acids is 1. The van der Waals surface area contributed by atoms with E-state index in [1.54, 1.807) is 13.1 Å². The van der Waals surface area contributed by atoms with Gasteiger partial charge < -0.3 is 19.6 Å². The number of hydrogen-bond donors (Lipinski definition) is 2. The zero-order valence-corrected chi connectivity index (χ0v) is 14.4. The van der Waals surface area contributed by atoms with E-state index in [0.717, 1.165) is 11.3 Å². The number of nitrogens with one attached hydrogen (secondary N) is 1. The zero-order chi connectivity index (χ0) is 18.3. The average molecular weight is 344 g/mol. The van der Waals surface area contributed by atoms with E-state index in [1.165, 1.54) is 15.8 Å². The fraction of sp³-hybridized carbons (Fsp3) is 0.412. The molecule has 0 aliphatic carbocycles. The van der Waals surface area contributed by atoms with E-state index in [9.17, 15) is 19.5 Å². The number of amides is 1. The Morgan fingerprint density at radius 2 is 2.16 bits per heavy atom. The summed E-state index contributed by atoms with van der Waals surface area (Å²) in [5.74, 6) is -1.74. The number of pyridine rings is 1. The normalized spacial score (nSPS) is 16.6. The Bertz CT molecular complexity index is 912. The molecular weight excluding hydrogens is 324 g/mol. The highest BCUT2D eigenvalue weighted by Gasteiger charge is 2.39. The van der Waals surface area contributed by atoms with Crippen molar-refractivity contribution in [3.63, 3.8) is 0 Å². The highest BCUT2D eigenvalue weighted by atomic mass is 16.4. The van der Waals surface area contributed by atoms with Crippen molar-refractivity contribution in [3.05, 3.63) is 51.0 Å². The molecule has 25 heavy (non-hydrogen) atoms. The second-order valence-electron chi connectivity index (χ2n) is 6.16. The van der Waals surface area contributed by atoms with Gasteiger partial charge in [0, 0.05) is 31.4 Å². The molecule has 3 rings (SSSR count). The predicted molar refractivity (Wildman–Crippen MR) is 89.5 cm³/mol. The van der Waals surface area contributed by atoms with Crippen LogP contribution in [0.3, 0.4) is 0 Å². The van der Waals surface area contributed by atoms with Crippen LogP contribution >= 0.6 is 0 Å². The minimum Gasteiger partial charge on any atom is -0.479 e. The molecule has 8 nitrogen and oxygen atoms in total. The van der Waals surface area contributed by atoms with Gasteiger partial charge in [-0.25, -0.2) is 9.78 Å². The number of aryl methyl sites for hydroxylation is 1. The molecule has 0 radical (unpaired) electrons. The van der Waals surface area contributed by atoms with Gasteiger partial charge >= 0.3 is 5.97 Å². The van der Waals surface area contributed by atoms with Crippen LogP contribution in [0.25, 0.3) is 0 Å². The Balaban J connectivity index is 2.07. The molecule has 0 spiro atoms. The van der Waals surface area contributed by atoms with Gasteiger partial charge in [-0.1, -0.05) is 6.92 Å². The first-order valence-electron chi connectivity index (χ1n) is 8.12. The largest absolute Gasteiger partial charge is 0.479 e. The van der Waals surface area contributed by atoms with Gasteiger partial charge in [0.05, 0.1) is 12.0 Å². The van der Waals surface area contributed by atoms with E-state index in [1.807, 2.05) is 13.8 Å². The number of nitrogens with zero attached hydrogens (tertiary/aromatic N) is 3. The fourth-order valence-corrected chi connectivity index (χ4v) is 3.50. The maximum absolute atomic E-state index is 13.0. The van der Waals surface area contributed by atoms with Crippen LogP contribution < -0.4 is 5.56 Å². The molecule has 8 heteroatoms. The summed E-state index contributed by atoms with van der Waals surface area (Å²) < 4.78 is 1.46. The Hall–Kier alpha value is -2.90. The van der Waals surface area contributed by atoms with Crippen molar-refractivity contribution in [2.24, 2.45) is 7.05 Å². The van der Waals surface area contributed by atoms with Crippen LogP contribution in [0.2, 0.25) is 0 Å². The first-order valence-corrected chi connectivity index (χ1v) is 8.12. The first-order chi connectivity index (χ1) is 11.9. The third-order valence-electron chi connectivity index (χ3n) is 4.74. The van der Waals surface area contributed by atoms with E-state index in [4.69, 9.17) is 0 Å². The van der Waals surface area contributed by atoms with E-state index in [2.05, 4.69) is 9.97 Å². The van der Waals surface area contributed by atoms with Crippen molar-refractivity contribution in [1.82, 2.24) is 19.4 Å². The van der Waals surface area contributed by atoms with Gasteiger partial charge in [0.15, 0.2) is 6.04 Å². The number of aromatic amines is 1. The molecule has 2 aromatic heterocycles. The number of aromatic nitrogens is 3. The monoisotopic (exact) mass is 344 g/mol. The number of hydrogen-bond acceptors (Lipinski definition) is 4. The third-order valence-corrected chi connectivity index (χ3v) is 4.74. The van der Waals surface area contributed by atoms with Gasteiger partial charge in [-0.3, -0.25) is 9.59 Å². The number of H-pyrrole nitrogens is 1. The van der Waals surface area contributed by atoms with Gasteiger partial charge in [0.1, 0.15) is 5.56 Å². The molecule has 0 bridgehead atoms. The van der Waals surface area contributed by atoms with Gasteiger partial charge in [0.2, 0.25) is 0 Å². The summed E-state index contributed by atoms with van der Waals surface area (Å²) in [6.45, 7) is 3.99. The van der Waals surface area contributed by atoms with E-state index < -0.39 is 23.5 Å². The second-order valence-corrected chi connectivity index (χ2v) is 6.16. The van der Waals surface area contributed by atoms with Crippen molar-refractivity contribution in [3.8, 4) is 0 Å². The smallest absolute Gasteiger partial charge is 0.332 e. The molecule has 1 amide bonds. The van der Waals surface area contributed by atoms with Crippen molar-refractivity contribution < 1.29 is 14.7 Å². The quantitative estimate of drug-likeness (QED) is 0.856. The Morgan fingerprint density at radius 3 is 2.80 bits per heavy atom. The summed E-state index contributed by atoms with van der Waals surface area (Å²) in [6.07, 6.45) is 2.56. The van der Waals surface area contributed by atoms with Crippen LogP contribution in [0.15, 0.2) is 17.2 Å². The highest BCUT2D eigenvalue weighted by Crippen LogP contribution is 2.28. The topological polar surface area (TPSA) is 108 Å². The molecule has 1 aliphatic rings. The molecule has 0 aromatic carbocycles. The average Bonchev–Trinajstić information content (AvgIpc) is 3.05. The summed E-state index contributed by atoms with van der Waals surface area (Å²) in [6, 6.07) is 0.362. The zero-order valence-electron chi connectivity index (χ0n) is 14.4. The molecule has 2 N–H and O–H groups in total. The number of carbonyl (C=O) groups is 2. The molecule has 0 saturated carbocycles. The van der Waals surface area contributed by atoms with Crippen LogP contribution in [0.1, 0.15) is 46.0 Å². The fourth-order valence-electron chi connectivity index (χ4n) is 3.50. The lowest BCUT2D eigenvalue weighted by atomic mass is 10.0. The summed E-state index contributed by atoms with van der Waals surface area (Å²) in [5.41, 5.74) is 2.29. The van der Waals surface area contributed by atoms with Crippen LogP contribution in [0.5, 0.6) is 0 Å². The number of carboxylic acids is 1. The number of imidazole rings is 1. The van der Waals surface area contributed by atoms with Gasteiger partial charge in [-0.15, -0.1) is 0 Å². The molecule has 0 unspecified atom stereocenters. The summed E-state index contributed by atoms with van der Waals surface area (Å²) in [5, 5.41) is 9.60. The van der Waals surface area contributed by atoms with Gasteiger partial charge in [-0.05, 0) is 25.0 Å². The number of fused-ring (bicyclic) bond motifs is 1. The maximum Gasteiger partial charge on any atom is 0.332 e. The van der Waals surface area contributed by atoms with Crippen LogP contribution in [0.4, 0.5) is 0 Å². The van der Waals surface area contributed by atoms with Crippen LogP contribution in [-0.4, -0.2) is 43.0 Å². The van der Waals surface area contributed by atoms with E-state index >= 15 is 0 Å². The number of carbonyl (C=O) groups excluding carboxylic acids is 1. The van der Waals surface area contributed by atoms with Crippen molar-refractivity contribution in [2.75, 3.05) is 6.54 Å². The van der Waals surface area contributed by atoms with Crippen molar-refractivity contribution in [2.45, 2.75) is 32.7 Å². The molecule has 0 fully saturated rings. The molecule has 1 atom stereocenters. The summed E-state index contributed by atoms with van der Waals surface area (Å²) in [4.78, 5) is 45.5. The van der Waals surface area contributed by atoms with Crippen molar-refractivity contribution >= 4 is 11.9 Å². The van der Waals surface area contributed by atoms with Crippen molar-refractivity contribution in [1.29, 1.82) is 0 Å². The minimum absolute atomic E-state index is 0.0116. The van der Waals surface area contributed by atoms with Gasteiger partial charge in [-0.2, -0.15) is 0 Å². The van der Waals surface area contributed by atoms with Gasteiger partial charge in [0.25, 0.3) is 11.5 Å². The Labute approximate surface area is 144 Å². The third kappa shape index (κ3) is 2.63. The maximum atomic E-state index is 13.0. The SMILES string of the molecule is CCc1c(C)cc(C(=O)N2CCc3[nH]cnc3[C@H]2C(=O)O)c(=O)n1C. The van der Waals surface area contributed by atoms with Crippen LogP contribution in [0, 0.1) is 6.92 Å². The Morgan fingerprint density at radius 1 is 1.44 bits per heavy atom. The molecule has 0 saturated heterocycles. The lowest BCUT2D eigenvalue weighted by Crippen LogP contribution is -2.45. The highest BCUT2D eigenvalue weighted by molar-refractivity contribution is 5.97. The lowest BCUT2D eigenvalue weighted by Gasteiger charge is -2.32. The molecule has 1 aliphatic heterocycles. The van der Waals surface area contributed by atoms with E-state index in [0.29, 0.717) is 24.2 Å². The summed E-state index contributed by atoms with van der Waals surface area (Å²) >= 11 is 0. The number of carboxylic acid groups (broad SMARTS) is 1. The second kappa shape index (κ2) is 6.19. The molecular formula is C17H20N4O4. The number of rotatable bonds is 3. The van der Waals surface area contributed by atoms with Crippen LogP contribution in [-0.2, 0) is 24.7 Å². The standard InChI is InChI=1S/C17H20N4O4/c1-4-12-9(2)7-10(15(22)20(12)3)16(23)21-6-5-11-13(19-8-18-11)14(21)17(24)25/h7-8,14H,4-6H2,1-3H3,(H,18,19)(H,24,25)/t14-/m0/s1. The minimum atomic E-state index is -1.20. The molecule has 3 heterocycles.